The van der Waals surface area contributed by atoms with E-state index in [9.17, 15) is 4.79 Å². The van der Waals surface area contributed by atoms with E-state index in [1.54, 1.807) is 7.11 Å². The number of benzene rings is 1. The van der Waals surface area contributed by atoms with Gasteiger partial charge in [-0.05, 0) is 56.3 Å². The van der Waals surface area contributed by atoms with Gasteiger partial charge in [0, 0.05) is 19.0 Å². The average Bonchev–Trinajstić information content (AvgIpc) is 2.93. The lowest BCUT2D eigenvalue weighted by molar-refractivity contribution is -0.138. The van der Waals surface area contributed by atoms with Crippen molar-refractivity contribution in [1.82, 2.24) is 4.90 Å². The molecule has 1 heterocycles. The van der Waals surface area contributed by atoms with Gasteiger partial charge in [0.2, 0.25) is 0 Å². The second-order valence-electron chi connectivity index (χ2n) is 5.98. The molecule has 1 aromatic carbocycles. The van der Waals surface area contributed by atoms with Gasteiger partial charge >= 0.3 is 5.97 Å². The van der Waals surface area contributed by atoms with Gasteiger partial charge in [-0.25, -0.2) is 0 Å². The van der Waals surface area contributed by atoms with Gasteiger partial charge in [-0.15, -0.1) is 0 Å². The van der Waals surface area contributed by atoms with E-state index >= 15 is 0 Å². The molecule has 0 bridgehead atoms. The van der Waals surface area contributed by atoms with Gasteiger partial charge in [0.05, 0.1) is 7.11 Å². The minimum absolute atomic E-state index is 0.307. The SMILES string of the molecule is COc1ccc(CCC(C)N2CCC(CC(=O)O)C2)cc1. The van der Waals surface area contributed by atoms with Gasteiger partial charge in [0.1, 0.15) is 5.75 Å². The highest BCUT2D eigenvalue weighted by molar-refractivity contribution is 5.67. The molecule has 0 radical (unpaired) electrons. The monoisotopic (exact) mass is 291 g/mol. The molecule has 4 nitrogen and oxygen atoms in total. The largest absolute Gasteiger partial charge is 0.497 e. The van der Waals surface area contributed by atoms with E-state index in [-0.39, 0.29) is 0 Å². The molecule has 0 amide bonds. The van der Waals surface area contributed by atoms with E-state index in [0.29, 0.717) is 18.4 Å². The first-order chi connectivity index (χ1) is 10.1. The molecule has 1 aliphatic heterocycles. The smallest absolute Gasteiger partial charge is 0.303 e. The van der Waals surface area contributed by atoms with Crippen molar-refractivity contribution in [2.24, 2.45) is 5.92 Å². The maximum Gasteiger partial charge on any atom is 0.303 e. The van der Waals surface area contributed by atoms with Gasteiger partial charge < -0.3 is 14.7 Å². The molecule has 1 fully saturated rings. The topological polar surface area (TPSA) is 49.8 Å². The number of carboxylic acids is 1. The molecule has 1 aromatic rings. The Morgan fingerprint density at radius 3 is 2.76 bits per heavy atom. The predicted octanol–water partition coefficient (Wildman–Crippen LogP) is 2.81. The van der Waals surface area contributed by atoms with Crippen molar-refractivity contribution >= 4 is 5.97 Å². The summed E-state index contributed by atoms with van der Waals surface area (Å²) in [5.41, 5.74) is 1.32. The van der Waals surface area contributed by atoms with Crippen molar-refractivity contribution in [2.45, 2.75) is 38.6 Å². The van der Waals surface area contributed by atoms with Crippen molar-refractivity contribution in [1.29, 1.82) is 0 Å². The Morgan fingerprint density at radius 2 is 2.14 bits per heavy atom. The van der Waals surface area contributed by atoms with Crippen LogP contribution in [0.1, 0.15) is 31.7 Å². The highest BCUT2D eigenvalue weighted by Crippen LogP contribution is 2.23. The van der Waals surface area contributed by atoms with E-state index in [2.05, 4.69) is 24.0 Å². The Kier molecular flexibility index (Phi) is 5.62. The molecule has 2 atom stereocenters. The van der Waals surface area contributed by atoms with Crippen LogP contribution < -0.4 is 4.74 Å². The molecule has 0 aromatic heterocycles. The Labute approximate surface area is 126 Å². The summed E-state index contributed by atoms with van der Waals surface area (Å²) in [7, 11) is 1.68. The summed E-state index contributed by atoms with van der Waals surface area (Å²) >= 11 is 0. The minimum atomic E-state index is -0.673. The fraction of sp³-hybridized carbons (Fsp3) is 0.588. The van der Waals surface area contributed by atoms with Crippen molar-refractivity contribution < 1.29 is 14.6 Å². The van der Waals surface area contributed by atoms with Crippen LogP contribution in [-0.2, 0) is 11.2 Å². The zero-order chi connectivity index (χ0) is 15.2. The summed E-state index contributed by atoms with van der Waals surface area (Å²) < 4.78 is 5.16. The number of methoxy groups -OCH3 is 1. The first-order valence-corrected chi connectivity index (χ1v) is 7.67. The number of nitrogens with zero attached hydrogens (tertiary/aromatic N) is 1. The molecule has 0 spiro atoms. The third-order valence-corrected chi connectivity index (χ3v) is 4.41. The number of aliphatic carboxylic acids is 1. The lowest BCUT2D eigenvalue weighted by Crippen LogP contribution is -2.31. The summed E-state index contributed by atoms with van der Waals surface area (Å²) in [6.45, 7) is 4.20. The minimum Gasteiger partial charge on any atom is -0.497 e. The second kappa shape index (κ2) is 7.46. The van der Waals surface area contributed by atoms with Gasteiger partial charge in [-0.1, -0.05) is 12.1 Å². The third kappa shape index (κ3) is 4.74. The number of likely N-dealkylation sites (tertiary alicyclic amines) is 1. The van der Waals surface area contributed by atoms with Crippen LogP contribution in [0.3, 0.4) is 0 Å². The fourth-order valence-corrected chi connectivity index (χ4v) is 3.03. The number of rotatable bonds is 7. The van der Waals surface area contributed by atoms with Gasteiger partial charge in [-0.2, -0.15) is 0 Å². The zero-order valence-electron chi connectivity index (χ0n) is 12.9. The Hall–Kier alpha value is -1.55. The number of aryl methyl sites for hydroxylation is 1. The lowest BCUT2D eigenvalue weighted by atomic mass is 10.0. The molecule has 1 saturated heterocycles. The van der Waals surface area contributed by atoms with Gasteiger partial charge in [-0.3, -0.25) is 4.79 Å². The van der Waals surface area contributed by atoms with Crippen LogP contribution >= 0.6 is 0 Å². The van der Waals surface area contributed by atoms with Crippen LogP contribution in [0.15, 0.2) is 24.3 Å². The number of carbonyl (C=O) groups is 1. The summed E-state index contributed by atoms with van der Waals surface area (Å²) in [4.78, 5) is 13.2. The molecule has 0 saturated carbocycles. The zero-order valence-corrected chi connectivity index (χ0v) is 12.9. The maximum absolute atomic E-state index is 10.8. The standard InChI is InChI=1S/C17H25NO3/c1-13(18-10-9-15(12-18)11-17(19)20)3-4-14-5-7-16(21-2)8-6-14/h5-8,13,15H,3-4,9-12H2,1-2H3,(H,19,20). The second-order valence-corrected chi connectivity index (χ2v) is 5.98. The van der Waals surface area contributed by atoms with Gasteiger partial charge in [0.25, 0.3) is 0 Å². The molecular formula is C17H25NO3. The average molecular weight is 291 g/mol. The van der Waals surface area contributed by atoms with E-state index in [4.69, 9.17) is 9.84 Å². The van der Waals surface area contributed by atoms with E-state index in [0.717, 1.165) is 38.1 Å². The summed E-state index contributed by atoms with van der Waals surface area (Å²) in [6.07, 6.45) is 3.47. The van der Waals surface area contributed by atoms with Crippen molar-refractivity contribution in [3.8, 4) is 5.75 Å². The number of carboxylic acid groups (broad SMARTS) is 1. The van der Waals surface area contributed by atoms with Crippen molar-refractivity contribution in [3.05, 3.63) is 29.8 Å². The molecule has 2 rings (SSSR count). The molecule has 21 heavy (non-hydrogen) atoms. The quantitative estimate of drug-likeness (QED) is 0.839. The molecule has 2 unspecified atom stereocenters. The van der Waals surface area contributed by atoms with Gasteiger partial charge in [0.15, 0.2) is 0 Å². The Balaban J connectivity index is 1.76. The van der Waals surface area contributed by atoms with E-state index in [1.165, 1.54) is 5.56 Å². The lowest BCUT2D eigenvalue weighted by Gasteiger charge is -2.24. The predicted molar refractivity (Wildman–Crippen MR) is 82.7 cm³/mol. The van der Waals surface area contributed by atoms with Crippen LogP contribution in [0, 0.1) is 5.92 Å². The summed E-state index contributed by atoms with van der Waals surface area (Å²) in [5, 5.41) is 8.86. The Morgan fingerprint density at radius 1 is 1.43 bits per heavy atom. The first kappa shape index (κ1) is 15.8. The molecule has 4 heteroatoms. The van der Waals surface area contributed by atoms with Crippen LogP contribution in [0.4, 0.5) is 0 Å². The molecule has 1 aliphatic rings. The Bertz CT molecular complexity index is 458. The molecule has 1 N–H and O–H groups in total. The molecule has 0 aliphatic carbocycles. The van der Waals surface area contributed by atoms with Crippen LogP contribution in [0.25, 0.3) is 0 Å². The number of hydrogen-bond acceptors (Lipinski definition) is 3. The third-order valence-electron chi connectivity index (χ3n) is 4.41. The summed E-state index contributed by atoms with van der Waals surface area (Å²) in [5.74, 6) is 0.543. The normalized spacial score (nSPS) is 20.4. The summed E-state index contributed by atoms with van der Waals surface area (Å²) in [6, 6.07) is 8.73. The highest BCUT2D eigenvalue weighted by Gasteiger charge is 2.27. The number of ether oxygens (including phenoxy) is 1. The van der Waals surface area contributed by atoms with E-state index < -0.39 is 5.97 Å². The first-order valence-electron chi connectivity index (χ1n) is 7.67. The molecule has 116 valence electrons. The maximum atomic E-state index is 10.8. The number of hydrogen-bond donors (Lipinski definition) is 1. The van der Waals surface area contributed by atoms with E-state index in [1.807, 2.05) is 12.1 Å². The van der Waals surface area contributed by atoms with Crippen LogP contribution in [-0.4, -0.2) is 42.2 Å². The van der Waals surface area contributed by atoms with Crippen molar-refractivity contribution in [3.63, 3.8) is 0 Å². The van der Waals surface area contributed by atoms with Crippen LogP contribution in [0.5, 0.6) is 5.75 Å². The highest BCUT2D eigenvalue weighted by atomic mass is 16.5. The van der Waals surface area contributed by atoms with Crippen molar-refractivity contribution in [2.75, 3.05) is 20.2 Å². The van der Waals surface area contributed by atoms with Crippen LogP contribution in [0.2, 0.25) is 0 Å². The fourth-order valence-electron chi connectivity index (χ4n) is 3.03. The molecular weight excluding hydrogens is 266 g/mol.